The van der Waals surface area contributed by atoms with E-state index in [1.807, 2.05) is 46.8 Å². The highest BCUT2D eigenvalue weighted by molar-refractivity contribution is 6.63. The molecular weight excluding hydrogens is 321 g/mol. The van der Waals surface area contributed by atoms with Crippen molar-refractivity contribution in [2.75, 3.05) is 13.7 Å². The Labute approximate surface area is 149 Å². The number of carboxylic acid groups (broad SMARTS) is 1. The zero-order valence-electron chi connectivity index (χ0n) is 15.8. The number of methoxy groups -OCH3 is 1. The van der Waals surface area contributed by atoms with Crippen LogP contribution in [-0.2, 0) is 15.7 Å². The fourth-order valence-electron chi connectivity index (χ4n) is 3.58. The quantitative estimate of drug-likeness (QED) is 0.833. The van der Waals surface area contributed by atoms with Crippen LogP contribution < -0.4 is 10.2 Å². The van der Waals surface area contributed by atoms with Gasteiger partial charge in [0.15, 0.2) is 0 Å². The van der Waals surface area contributed by atoms with Crippen LogP contribution in [0.3, 0.4) is 0 Å². The molecule has 2 aliphatic rings. The molecule has 1 saturated heterocycles. The molecule has 7 heteroatoms. The number of amides is 1. The van der Waals surface area contributed by atoms with Crippen molar-refractivity contribution in [1.29, 1.82) is 0 Å². The molecule has 6 nitrogen and oxygen atoms in total. The van der Waals surface area contributed by atoms with E-state index in [-0.39, 0.29) is 6.04 Å². The van der Waals surface area contributed by atoms with Crippen molar-refractivity contribution in [3.8, 4) is 5.75 Å². The second-order valence-corrected chi connectivity index (χ2v) is 7.74. The number of ether oxygens (including phenoxy) is 1. The molecule has 3 rings (SSSR count). The minimum absolute atomic E-state index is 0.215. The summed E-state index contributed by atoms with van der Waals surface area (Å²) >= 11 is 0. The van der Waals surface area contributed by atoms with Gasteiger partial charge in [0.2, 0.25) is 0 Å². The maximum absolute atomic E-state index is 11.5. The van der Waals surface area contributed by atoms with E-state index in [2.05, 4.69) is 0 Å². The summed E-state index contributed by atoms with van der Waals surface area (Å²) in [5.74, 6) is 0.716. The number of benzene rings is 1. The highest BCUT2D eigenvalue weighted by Crippen LogP contribution is 2.39. The van der Waals surface area contributed by atoms with Crippen LogP contribution in [-0.4, -0.2) is 48.1 Å². The van der Waals surface area contributed by atoms with Gasteiger partial charge in [-0.2, -0.15) is 0 Å². The van der Waals surface area contributed by atoms with E-state index < -0.39 is 24.4 Å². The fraction of sp³-hybridized carbons (Fsp3) is 0.611. The van der Waals surface area contributed by atoms with Gasteiger partial charge in [0.1, 0.15) is 5.75 Å². The molecular formula is C18H26BNO5. The van der Waals surface area contributed by atoms with E-state index >= 15 is 0 Å². The second-order valence-electron chi connectivity index (χ2n) is 7.74. The Balaban J connectivity index is 2.08. The standard InChI is InChI=1S/C18H26BNO5/c1-11-12-7-8-14(23-6)15(13(12)9-10-20(11)16(21)22)19-24-17(2,3)18(4,5)25-19/h7-8,11H,9-10H2,1-6H3,(H,21,22)/t11-/m1/s1. The van der Waals surface area contributed by atoms with Crippen LogP contribution in [0.2, 0.25) is 0 Å². The molecule has 1 fully saturated rings. The van der Waals surface area contributed by atoms with Crippen molar-refractivity contribution >= 4 is 18.7 Å². The highest BCUT2D eigenvalue weighted by Gasteiger charge is 2.53. The summed E-state index contributed by atoms with van der Waals surface area (Å²) in [5.41, 5.74) is 2.05. The van der Waals surface area contributed by atoms with Crippen molar-refractivity contribution in [1.82, 2.24) is 4.90 Å². The van der Waals surface area contributed by atoms with Crippen LogP contribution >= 0.6 is 0 Å². The van der Waals surface area contributed by atoms with Gasteiger partial charge in [-0.25, -0.2) is 4.79 Å². The minimum atomic E-state index is -0.897. The van der Waals surface area contributed by atoms with E-state index in [4.69, 9.17) is 14.0 Å². The first-order valence-corrected chi connectivity index (χ1v) is 8.64. The molecule has 1 aromatic rings. The first kappa shape index (κ1) is 18.1. The summed E-state index contributed by atoms with van der Waals surface area (Å²) in [6, 6.07) is 3.61. The van der Waals surface area contributed by atoms with Crippen LogP contribution in [0.4, 0.5) is 4.79 Å². The van der Waals surface area contributed by atoms with Gasteiger partial charge < -0.3 is 24.1 Å². The summed E-state index contributed by atoms with van der Waals surface area (Å²) in [7, 11) is 1.10. The lowest BCUT2D eigenvalue weighted by atomic mass is 9.71. The number of fused-ring (bicyclic) bond motifs is 1. The summed E-state index contributed by atoms with van der Waals surface area (Å²) in [5, 5.41) is 9.40. The number of rotatable bonds is 2. The van der Waals surface area contributed by atoms with Crippen LogP contribution in [0.5, 0.6) is 5.75 Å². The highest BCUT2D eigenvalue weighted by atomic mass is 16.7. The van der Waals surface area contributed by atoms with Crippen LogP contribution in [0.1, 0.15) is 51.8 Å². The van der Waals surface area contributed by atoms with Gasteiger partial charge >= 0.3 is 13.2 Å². The predicted molar refractivity (Wildman–Crippen MR) is 95.6 cm³/mol. The molecule has 0 spiro atoms. The Morgan fingerprint density at radius 2 is 1.88 bits per heavy atom. The largest absolute Gasteiger partial charge is 0.498 e. The van der Waals surface area contributed by atoms with Crippen molar-refractivity contribution < 1.29 is 23.9 Å². The monoisotopic (exact) mass is 347 g/mol. The van der Waals surface area contributed by atoms with Gasteiger partial charge in [-0.3, -0.25) is 0 Å². The smallest absolute Gasteiger partial charge is 0.497 e. The average molecular weight is 347 g/mol. The topological polar surface area (TPSA) is 68.2 Å². The van der Waals surface area contributed by atoms with Crippen molar-refractivity contribution in [2.24, 2.45) is 0 Å². The molecule has 0 aromatic heterocycles. The lowest BCUT2D eigenvalue weighted by Crippen LogP contribution is -2.44. The van der Waals surface area contributed by atoms with Crippen molar-refractivity contribution in [2.45, 2.75) is 58.3 Å². The van der Waals surface area contributed by atoms with Gasteiger partial charge in [-0.15, -0.1) is 0 Å². The van der Waals surface area contributed by atoms with E-state index in [1.54, 1.807) is 7.11 Å². The summed E-state index contributed by atoms with van der Waals surface area (Å²) in [4.78, 5) is 12.9. The number of hydrogen-bond acceptors (Lipinski definition) is 4. The molecule has 2 aliphatic heterocycles. The molecule has 0 aliphatic carbocycles. The average Bonchev–Trinajstić information content (AvgIpc) is 2.73. The molecule has 0 saturated carbocycles. The van der Waals surface area contributed by atoms with Crippen molar-refractivity contribution in [3.63, 3.8) is 0 Å². The van der Waals surface area contributed by atoms with Gasteiger partial charge in [0, 0.05) is 12.0 Å². The first-order chi connectivity index (χ1) is 11.6. The zero-order valence-corrected chi connectivity index (χ0v) is 15.8. The number of hydrogen-bond donors (Lipinski definition) is 1. The number of carbonyl (C=O) groups is 1. The molecule has 0 bridgehead atoms. The Kier molecular flexibility index (Phi) is 4.28. The molecule has 2 heterocycles. The van der Waals surface area contributed by atoms with Crippen molar-refractivity contribution in [3.05, 3.63) is 23.3 Å². The molecule has 1 atom stereocenters. The molecule has 1 N–H and O–H groups in total. The third kappa shape index (κ3) is 2.79. The lowest BCUT2D eigenvalue weighted by molar-refractivity contribution is 0.00578. The normalized spacial score (nSPS) is 24.2. The first-order valence-electron chi connectivity index (χ1n) is 8.64. The summed E-state index contributed by atoms with van der Waals surface area (Å²) in [6.07, 6.45) is -0.283. The van der Waals surface area contributed by atoms with Crippen LogP contribution in [0.25, 0.3) is 0 Å². The molecule has 25 heavy (non-hydrogen) atoms. The van der Waals surface area contributed by atoms with Crippen LogP contribution in [0.15, 0.2) is 12.1 Å². The van der Waals surface area contributed by atoms with Gasteiger partial charge in [-0.1, -0.05) is 6.07 Å². The Morgan fingerprint density at radius 1 is 1.28 bits per heavy atom. The molecule has 0 unspecified atom stereocenters. The minimum Gasteiger partial charge on any atom is -0.497 e. The maximum Gasteiger partial charge on any atom is 0.498 e. The number of nitrogens with zero attached hydrogens (tertiary/aromatic N) is 1. The molecule has 1 amide bonds. The Hall–Kier alpha value is -1.73. The maximum atomic E-state index is 11.5. The predicted octanol–water partition coefficient (Wildman–Crippen LogP) is 2.59. The Bertz CT molecular complexity index is 687. The van der Waals surface area contributed by atoms with Gasteiger partial charge in [-0.05, 0) is 58.2 Å². The SMILES string of the molecule is COc1ccc2c(c1B1OC(C)(C)C(C)(C)O1)CCN(C(=O)O)[C@@H]2C. The summed E-state index contributed by atoms with van der Waals surface area (Å²) < 4.78 is 18.1. The van der Waals surface area contributed by atoms with Gasteiger partial charge in [0.25, 0.3) is 0 Å². The van der Waals surface area contributed by atoms with Gasteiger partial charge in [0.05, 0.1) is 24.4 Å². The zero-order chi connectivity index (χ0) is 18.6. The fourth-order valence-corrected chi connectivity index (χ4v) is 3.58. The third-order valence-corrected chi connectivity index (χ3v) is 5.83. The van der Waals surface area contributed by atoms with E-state index in [1.165, 1.54) is 4.90 Å². The van der Waals surface area contributed by atoms with Crippen LogP contribution in [0, 0.1) is 0 Å². The van der Waals surface area contributed by atoms with E-state index in [9.17, 15) is 9.90 Å². The molecule has 0 radical (unpaired) electrons. The Morgan fingerprint density at radius 3 is 2.40 bits per heavy atom. The van der Waals surface area contributed by atoms with E-state index in [0.29, 0.717) is 18.7 Å². The lowest BCUT2D eigenvalue weighted by Gasteiger charge is -2.35. The molecule has 1 aromatic carbocycles. The third-order valence-electron chi connectivity index (χ3n) is 5.83. The second kappa shape index (κ2) is 5.92. The summed E-state index contributed by atoms with van der Waals surface area (Å²) in [6.45, 7) is 10.4. The molecule has 136 valence electrons. The van der Waals surface area contributed by atoms with E-state index in [0.717, 1.165) is 16.6 Å².